The molecule has 6 heteroatoms. The number of thiol groups is 1. The van der Waals surface area contributed by atoms with Crippen molar-refractivity contribution in [2.45, 2.75) is 63.8 Å². The Hall–Kier alpha value is -0.980. The van der Waals surface area contributed by atoms with Crippen LogP contribution in [0.25, 0.3) is 0 Å². The molecule has 0 aliphatic heterocycles. The number of aliphatic hydroxyl groups is 2. The van der Waals surface area contributed by atoms with Gasteiger partial charge in [0.25, 0.3) is 0 Å². The molecular weight excluding hydrogens is 379 g/mol. The lowest BCUT2D eigenvalue weighted by Crippen LogP contribution is -2.69. The number of allylic oxidation sites excluding steroid dienone is 4. The summed E-state index contributed by atoms with van der Waals surface area (Å²) in [5, 5.41) is 22.7. The zero-order valence-corrected chi connectivity index (χ0v) is 17.5. The van der Waals surface area contributed by atoms with Gasteiger partial charge in [-0.2, -0.15) is 12.6 Å². The van der Waals surface area contributed by atoms with Crippen LogP contribution in [0.1, 0.15) is 46.5 Å². The lowest BCUT2D eigenvalue weighted by molar-refractivity contribution is -0.218. The highest BCUT2D eigenvalue weighted by atomic mass is 32.1. The van der Waals surface area contributed by atoms with Gasteiger partial charge in [0.1, 0.15) is 5.60 Å². The zero-order chi connectivity index (χ0) is 20.7. The number of hydrogen-bond donors (Lipinski definition) is 3. The first-order valence-electron chi connectivity index (χ1n) is 10.1. The summed E-state index contributed by atoms with van der Waals surface area (Å²) in [6.07, 6.45) is 4.80. The van der Waals surface area contributed by atoms with Crippen LogP contribution in [0, 0.1) is 28.6 Å². The van der Waals surface area contributed by atoms with E-state index < -0.39 is 34.1 Å². The van der Waals surface area contributed by atoms with Gasteiger partial charge in [-0.05, 0) is 56.6 Å². The first-order valence-corrected chi connectivity index (χ1v) is 10.8. The number of alkyl halides is 1. The fraction of sp³-hybridized carbons (Fsp3) is 0.727. The van der Waals surface area contributed by atoms with E-state index in [9.17, 15) is 19.8 Å². The van der Waals surface area contributed by atoms with Crippen molar-refractivity contribution in [3.63, 3.8) is 0 Å². The summed E-state index contributed by atoms with van der Waals surface area (Å²) >= 11 is 4.10. The molecule has 4 aliphatic rings. The van der Waals surface area contributed by atoms with Crippen molar-refractivity contribution in [2.75, 3.05) is 5.75 Å². The van der Waals surface area contributed by atoms with Gasteiger partial charge in [0.05, 0.1) is 11.9 Å². The monoisotopic (exact) mass is 408 g/mol. The molecule has 0 heterocycles. The van der Waals surface area contributed by atoms with Crippen LogP contribution < -0.4 is 0 Å². The van der Waals surface area contributed by atoms with Gasteiger partial charge < -0.3 is 10.2 Å². The summed E-state index contributed by atoms with van der Waals surface area (Å²) in [4.78, 5) is 24.6. The van der Waals surface area contributed by atoms with Crippen LogP contribution in [0.3, 0.4) is 0 Å². The highest BCUT2D eigenvalue weighted by Crippen LogP contribution is 2.70. The van der Waals surface area contributed by atoms with E-state index in [2.05, 4.69) is 12.6 Å². The summed E-state index contributed by atoms with van der Waals surface area (Å²) in [6.45, 7) is 5.44. The Morgan fingerprint density at radius 3 is 2.68 bits per heavy atom. The maximum atomic E-state index is 16.9. The van der Waals surface area contributed by atoms with Gasteiger partial charge in [-0.1, -0.05) is 25.5 Å². The topological polar surface area (TPSA) is 74.6 Å². The lowest BCUT2D eigenvalue weighted by Gasteiger charge is -2.62. The maximum absolute atomic E-state index is 16.9. The van der Waals surface area contributed by atoms with Gasteiger partial charge in [-0.25, -0.2) is 4.39 Å². The van der Waals surface area contributed by atoms with Crippen molar-refractivity contribution < 1.29 is 24.2 Å². The van der Waals surface area contributed by atoms with Crippen LogP contribution in [0.4, 0.5) is 4.39 Å². The molecule has 2 N–H and O–H groups in total. The Labute approximate surface area is 170 Å². The zero-order valence-electron chi connectivity index (χ0n) is 16.6. The summed E-state index contributed by atoms with van der Waals surface area (Å²) in [6, 6.07) is 0. The predicted octanol–water partition coefficient (Wildman–Crippen LogP) is 2.83. The summed E-state index contributed by atoms with van der Waals surface area (Å²) < 4.78 is 16.9. The first-order chi connectivity index (χ1) is 13.0. The second-order valence-corrected chi connectivity index (χ2v) is 10.1. The highest BCUT2D eigenvalue weighted by Gasteiger charge is 2.75. The lowest BCUT2D eigenvalue weighted by atomic mass is 9.44. The molecule has 0 aromatic carbocycles. The Balaban J connectivity index is 1.84. The quantitative estimate of drug-likeness (QED) is 0.615. The van der Waals surface area contributed by atoms with Gasteiger partial charge in [-0.3, -0.25) is 9.59 Å². The molecule has 28 heavy (non-hydrogen) atoms. The van der Waals surface area contributed by atoms with E-state index in [1.165, 1.54) is 12.2 Å². The standard InChI is InChI=1S/C22H29FO4S/c1-12-8-16-15-5-4-13-9-14(24)6-7-19(13,2)21(15,23)17(25)10-20(16,3)22(12,27)18(26)11-28/h6-7,9,12,15-17,25,27-28H,4-5,8,10-11H2,1-3H3/t12-,15-,16-,17?,19-,20-,21-,22-/m0/s1. The Morgan fingerprint density at radius 2 is 2.04 bits per heavy atom. The molecule has 0 aromatic rings. The fourth-order valence-corrected chi connectivity index (χ4v) is 7.50. The van der Waals surface area contributed by atoms with Crippen molar-refractivity contribution in [1.29, 1.82) is 0 Å². The molecule has 4 aliphatic carbocycles. The highest BCUT2D eigenvalue weighted by molar-refractivity contribution is 7.81. The molecule has 4 nitrogen and oxygen atoms in total. The summed E-state index contributed by atoms with van der Waals surface area (Å²) in [7, 11) is 0. The number of halogens is 1. The SMILES string of the molecule is C[C@H]1C[C@H]2[C@@H]3CCC4=CC(=O)C=C[C@]4(C)[C@@]3(F)C(O)C[C@]2(C)[C@@]1(O)C(=O)CS. The van der Waals surface area contributed by atoms with Crippen LogP contribution in [0.15, 0.2) is 23.8 Å². The molecule has 0 saturated heterocycles. The van der Waals surface area contributed by atoms with Crippen LogP contribution in [-0.2, 0) is 9.59 Å². The molecule has 0 aromatic heterocycles. The third-order valence-corrected chi connectivity index (χ3v) is 9.08. The number of Topliss-reactive ketones (excluding diaryl/α,β-unsaturated/α-hetero) is 1. The number of fused-ring (bicyclic) bond motifs is 5. The van der Waals surface area contributed by atoms with Crippen LogP contribution >= 0.6 is 12.6 Å². The molecule has 0 amide bonds. The summed E-state index contributed by atoms with van der Waals surface area (Å²) in [5.41, 5.74) is -4.78. The van der Waals surface area contributed by atoms with Crippen LogP contribution in [0.5, 0.6) is 0 Å². The van der Waals surface area contributed by atoms with E-state index in [1.54, 1.807) is 13.0 Å². The van der Waals surface area contributed by atoms with Crippen molar-refractivity contribution in [3.05, 3.63) is 23.8 Å². The van der Waals surface area contributed by atoms with Crippen molar-refractivity contribution >= 4 is 24.2 Å². The van der Waals surface area contributed by atoms with E-state index in [-0.39, 0.29) is 35.6 Å². The molecule has 1 unspecified atom stereocenters. The van der Waals surface area contributed by atoms with E-state index in [0.29, 0.717) is 19.3 Å². The minimum absolute atomic E-state index is 0.00960. The molecule has 8 atom stereocenters. The van der Waals surface area contributed by atoms with Crippen LogP contribution in [0.2, 0.25) is 0 Å². The largest absolute Gasteiger partial charge is 0.390 e. The Kier molecular flexibility index (Phi) is 4.36. The van der Waals surface area contributed by atoms with Crippen molar-refractivity contribution in [2.24, 2.45) is 28.6 Å². The number of carbonyl (C=O) groups is 2. The number of ketones is 2. The molecule has 0 spiro atoms. The second kappa shape index (κ2) is 6.02. The first kappa shape index (κ1) is 20.3. The van der Waals surface area contributed by atoms with Gasteiger partial charge in [0, 0.05) is 16.7 Å². The van der Waals surface area contributed by atoms with Gasteiger partial charge in [-0.15, -0.1) is 0 Å². The molecule has 154 valence electrons. The number of carbonyl (C=O) groups excluding carboxylic acids is 2. The summed E-state index contributed by atoms with van der Waals surface area (Å²) in [5.74, 6) is -1.63. The average Bonchev–Trinajstić information content (AvgIpc) is 2.84. The number of hydrogen-bond acceptors (Lipinski definition) is 5. The van der Waals surface area contributed by atoms with E-state index in [1.807, 2.05) is 13.8 Å². The third-order valence-electron chi connectivity index (χ3n) is 8.79. The smallest absolute Gasteiger partial charge is 0.178 e. The van der Waals surface area contributed by atoms with Gasteiger partial charge in [0.15, 0.2) is 17.2 Å². The molecule has 0 bridgehead atoms. The van der Waals surface area contributed by atoms with E-state index >= 15 is 4.39 Å². The third kappa shape index (κ3) is 2.09. The average molecular weight is 409 g/mol. The van der Waals surface area contributed by atoms with Gasteiger partial charge in [0.2, 0.25) is 0 Å². The Morgan fingerprint density at radius 1 is 1.36 bits per heavy atom. The van der Waals surface area contributed by atoms with Crippen molar-refractivity contribution in [3.8, 4) is 0 Å². The number of rotatable bonds is 2. The number of aliphatic hydroxyl groups excluding tert-OH is 1. The molecule has 3 fully saturated rings. The normalized spacial score (nSPS) is 52.5. The van der Waals surface area contributed by atoms with Crippen LogP contribution in [-0.4, -0.2) is 44.9 Å². The molecule has 4 rings (SSSR count). The van der Waals surface area contributed by atoms with E-state index in [0.717, 1.165) is 5.57 Å². The molecular formula is C22H29FO4S. The Bertz CT molecular complexity index is 808. The van der Waals surface area contributed by atoms with E-state index in [4.69, 9.17) is 0 Å². The fourth-order valence-electron chi connectivity index (χ4n) is 7.26. The minimum atomic E-state index is -1.94. The minimum Gasteiger partial charge on any atom is -0.390 e. The predicted molar refractivity (Wildman–Crippen MR) is 107 cm³/mol. The van der Waals surface area contributed by atoms with Crippen molar-refractivity contribution in [1.82, 2.24) is 0 Å². The molecule has 0 radical (unpaired) electrons. The molecule has 3 saturated carbocycles. The van der Waals surface area contributed by atoms with Gasteiger partial charge >= 0.3 is 0 Å². The maximum Gasteiger partial charge on any atom is 0.178 e. The second-order valence-electron chi connectivity index (χ2n) is 9.75.